The molecule has 22 heavy (non-hydrogen) atoms. The van der Waals surface area contributed by atoms with E-state index >= 15 is 0 Å². The number of anilines is 2. The van der Waals surface area contributed by atoms with Crippen LogP contribution in [-0.2, 0) is 11.2 Å². The Hall–Kier alpha value is -2.01. The number of hydrogen-bond donors (Lipinski definition) is 1. The van der Waals surface area contributed by atoms with Crippen molar-refractivity contribution in [2.24, 2.45) is 0 Å². The Bertz CT molecular complexity index is 774. The van der Waals surface area contributed by atoms with E-state index in [2.05, 4.69) is 4.90 Å². The minimum atomic E-state index is 0.0442. The summed E-state index contributed by atoms with van der Waals surface area (Å²) in [5.74, 6) is 0.645. The Labute approximate surface area is 129 Å². The molecule has 1 aromatic heterocycles. The Morgan fingerprint density at radius 2 is 1.91 bits per heavy atom. The largest absolute Gasteiger partial charge is 0.440 e. The third-order valence-electron chi connectivity index (χ3n) is 4.47. The lowest BCUT2D eigenvalue weighted by atomic mass is 9.98. The van der Waals surface area contributed by atoms with E-state index in [1.165, 1.54) is 0 Å². The third kappa shape index (κ3) is 2.25. The van der Waals surface area contributed by atoms with Crippen LogP contribution in [0.1, 0.15) is 23.6 Å². The molecule has 1 aliphatic rings. The first-order valence-corrected chi connectivity index (χ1v) is 7.72. The van der Waals surface area contributed by atoms with Gasteiger partial charge < -0.3 is 19.8 Å². The predicted octanol–water partition coefficient (Wildman–Crippen LogP) is 2.39. The molecule has 5 heteroatoms. The van der Waals surface area contributed by atoms with Crippen molar-refractivity contribution >= 4 is 22.5 Å². The Morgan fingerprint density at radius 3 is 2.55 bits per heavy atom. The van der Waals surface area contributed by atoms with Gasteiger partial charge in [-0.1, -0.05) is 6.92 Å². The van der Waals surface area contributed by atoms with E-state index in [4.69, 9.17) is 14.9 Å². The SMILES string of the molecule is CCc1c(C)c(N)cc2oc(N3CCOCC3)c(C)c(=O)c12. The smallest absolute Gasteiger partial charge is 0.203 e. The monoisotopic (exact) mass is 302 g/mol. The van der Waals surface area contributed by atoms with Gasteiger partial charge in [0.15, 0.2) is 5.43 Å². The maximum absolute atomic E-state index is 12.9. The molecule has 1 aromatic carbocycles. The first kappa shape index (κ1) is 14.9. The fraction of sp³-hybridized carbons (Fsp3) is 0.471. The second-order valence-corrected chi connectivity index (χ2v) is 5.76. The highest BCUT2D eigenvalue weighted by Crippen LogP contribution is 2.30. The summed E-state index contributed by atoms with van der Waals surface area (Å²) in [6.45, 7) is 8.59. The van der Waals surface area contributed by atoms with Crippen LogP contribution in [0.2, 0.25) is 0 Å². The van der Waals surface area contributed by atoms with E-state index in [1.807, 2.05) is 20.8 Å². The summed E-state index contributed by atoms with van der Waals surface area (Å²) in [6, 6.07) is 1.77. The number of nitrogens with zero attached hydrogens (tertiary/aromatic N) is 1. The highest BCUT2D eigenvalue weighted by Gasteiger charge is 2.21. The van der Waals surface area contributed by atoms with Crippen LogP contribution in [0.3, 0.4) is 0 Å². The van der Waals surface area contributed by atoms with Crippen molar-refractivity contribution in [3.63, 3.8) is 0 Å². The highest BCUT2D eigenvalue weighted by atomic mass is 16.5. The molecular formula is C17H22N2O3. The lowest BCUT2D eigenvalue weighted by Gasteiger charge is -2.28. The molecule has 1 saturated heterocycles. The second-order valence-electron chi connectivity index (χ2n) is 5.76. The molecule has 0 amide bonds. The first-order chi connectivity index (χ1) is 10.5. The molecule has 5 nitrogen and oxygen atoms in total. The summed E-state index contributed by atoms with van der Waals surface area (Å²) in [5.41, 5.74) is 10.00. The van der Waals surface area contributed by atoms with E-state index in [9.17, 15) is 4.79 Å². The van der Waals surface area contributed by atoms with Gasteiger partial charge in [-0.2, -0.15) is 0 Å². The van der Waals surface area contributed by atoms with E-state index in [-0.39, 0.29) is 5.43 Å². The van der Waals surface area contributed by atoms with E-state index in [1.54, 1.807) is 6.07 Å². The van der Waals surface area contributed by atoms with Gasteiger partial charge in [-0.05, 0) is 31.4 Å². The number of aryl methyl sites for hydroxylation is 1. The van der Waals surface area contributed by atoms with E-state index in [0.717, 1.165) is 30.6 Å². The number of hydrogen-bond acceptors (Lipinski definition) is 5. The summed E-state index contributed by atoms with van der Waals surface area (Å²) in [6.07, 6.45) is 0.758. The zero-order valence-corrected chi connectivity index (χ0v) is 13.4. The lowest BCUT2D eigenvalue weighted by Crippen LogP contribution is -2.37. The average molecular weight is 302 g/mol. The minimum Gasteiger partial charge on any atom is -0.440 e. The van der Waals surface area contributed by atoms with Crippen molar-refractivity contribution in [3.8, 4) is 0 Å². The Morgan fingerprint density at radius 1 is 1.23 bits per heavy atom. The molecule has 0 atom stereocenters. The molecule has 0 radical (unpaired) electrons. The number of morpholine rings is 1. The highest BCUT2D eigenvalue weighted by molar-refractivity contribution is 5.87. The van der Waals surface area contributed by atoms with Gasteiger partial charge in [-0.3, -0.25) is 4.79 Å². The molecule has 2 N–H and O–H groups in total. The molecule has 0 saturated carbocycles. The van der Waals surface area contributed by atoms with Crippen LogP contribution >= 0.6 is 0 Å². The van der Waals surface area contributed by atoms with Gasteiger partial charge in [0.25, 0.3) is 0 Å². The summed E-state index contributed by atoms with van der Waals surface area (Å²) in [7, 11) is 0. The van der Waals surface area contributed by atoms with E-state index in [0.29, 0.717) is 41.3 Å². The van der Waals surface area contributed by atoms with Crippen LogP contribution in [0.5, 0.6) is 0 Å². The van der Waals surface area contributed by atoms with Crippen molar-refractivity contribution in [2.75, 3.05) is 36.9 Å². The summed E-state index contributed by atoms with van der Waals surface area (Å²) < 4.78 is 11.5. The summed E-state index contributed by atoms with van der Waals surface area (Å²) >= 11 is 0. The zero-order valence-electron chi connectivity index (χ0n) is 13.4. The van der Waals surface area contributed by atoms with E-state index < -0.39 is 0 Å². The Balaban J connectivity index is 2.28. The number of nitrogens with two attached hydrogens (primary N) is 1. The molecule has 2 heterocycles. The molecule has 0 bridgehead atoms. The van der Waals surface area contributed by atoms with Crippen LogP contribution in [0.15, 0.2) is 15.3 Å². The van der Waals surface area contributed by atoms with Crippen molar-refractivity contribution in [1.82, 2.24) is 0 Å². The lowest BCUT2D eigenvalue weighted by molar-refractivity contribution is 0.120. The maximum atomic E-state index is 12.9. The topological polar surface area (TPSA) is 68.7 Å². The van der Waals surface area contributed by atoms with Crippen molar-refractivity contribution < 1.29 is 9.15 Å². The van der Waals surface area contributed by atoms with Crippen LogP contribution < -0.4 is 16.1 Å². The van der Waals surface area contributed by atoms with Gasteiger partial charge >= 0.3 is 0 Å². The van der Waals surface area contributed by atoms with Crippen molar-refractivity contribution in [1.29, 1.82) is 0 Å². The molecule has 0 aliphatic carbocycles. The predicted molar refractivity (Wildman–Crippen MR) is 88.8 cm³/mol. The number of fused-ring (bicyclic) bond motifs is 1. The maximum Gasteiger partial charge on any atom is 0.203 e. The van der Waals surface area contributed by atoms with Crippen molar-refractivity contribution in [2.45, 2.75) is 27.2 Å². The molecule has 2 aromatic rings. The van der Waals surface area contributed by atoms with Gasteiger partial charge in [0.2, 0.25) is 5.88 Å². The molecule has 0 unspecified atom stereocenters. The average Bonchev–Trinajstić information content (AvgIpc) is 2.53. The van der Waals surface area contributed by atoms with Crippen molar-refractivity contribution in [3.05, 3.63) is 33.0 Å². The third-order valence-corrected chi connectivity index (χ3v) is 4.47. The molecule has 0 spiro atoms. The summed E-state index contributed by atoms with van der Waals surface area (Å²) in [5, 5.41) is 0.670. The normalized spacial score (nSPS) is 15.5. The van der Waals surface area contributed by atoms with Gasteiger partial charge in [0, 0.05) is 24.8 Å². The van der Waals surface area contributed by atoms with Gasteiger partial charge in [0.05, 0.1) is 24.2 Å². The number of ether oxygens (including phenoxy) is 1. The van der Waals surface area contributed by atoms with Gasteiger partial charge in [-0.15, -0.1) is 0 Å². The number of rotatable bonds is 2. The Kier molecular flexibility index (Phi) is 3.83. The standard InChI is InChI=1S/C17H22N2O3/c1-4-12-10(2)13(18)9-14-15(12)16(20)11(3)17(22-14)19-5-7-21-8-6-19/h9H,4-8,18H2,1-3H3. The first-order valence-electron chi connectivity index (χ1n) is 7.72. The van der Waals surface area contributed by atoms with Crippen LogP contribution in [-0.4, -0.2) is 26.3 Å². The van der Waals surface area contributed by atoms with Gasteiger partial charge in [0.1, 0.15) is 5.58 Å². The number of benzene rings is 1. The summed E-state index contributed by atoms with van der Waals surface area (Å²) in [4.78, 5) is 14.9. The second kappa shape index (κ2) is 5.65. The molecular weight excluding hydrogens is 280 g/mol. The molecule has 3 rings (SSSR count). The quantitative estimate of drug-likeness (QED) is 0.863. The number of nitrogen functional groups attached to an aromatic ring is 1. The minimum absolute atomic E-state index is 0.0442. The van der Waals surface area contributed by atoms with Crippen LogP contribution in [0.4, 0.5) is 11.6 Å². The molecule has 1 aliphatic heterocycles. The molecule has 1 fully saturated rings. The zero-order chi connectivity index (χ0) is 15.9. The molecule has 118 valence electrons. The fourth-order valence-corrected chi connectivity index (χ4v) is 3.14. The van der Waals surface area contributed by atoms with Crippen LogP contribution in [0, 0.1) is 13.8 Å². The fourth-order valence-electron chi connectivity index (χ4n) is 3.14. The van der Waals surface area contributed by atoms with Crippen LogP contribution in [0.25, 0.3) is 11.0 Å². The van der Waals surface area contributed by atoms with Gasteiger partial charge in [-0.25, -0.2) is 0 Å².